The van der Waals surface area contributed by atoms with E-state index in [0.29, 0.717) is 6.42 Å². The topological polar surface area (TPSA) is 55.9 Å². The molecule has 2 aromatic rings. The lowest BCUT2D eigenvalue weighted by Gasteiger charge is -2.12. The summed E-state index contributed by atoms with van der Waals surface area (Å²) in [4.78, 5) is 4.02. The van der Waals surface area contributed by atoms with Crippen molar-refractivity contribution in [1.82, 2.24) is 19.3 Å². The highest BCUT2D eigenvalue weighted by molar-refractivity contribution is 9.10. The molecule has 98 valence electrons. The number of aromatic nitrogens is 4. The number of nitrogens with zero attached hydrogens (tertiary/aromatic N) is 4. The Kier molecular flexibility index (Phi) is 3.87. The van der Waals surface area contributed by atoms with E-state index in [1.807, 2.05) is 30.1 Å². The van der Waals surface area contributed by atoms with E-state index in [9.17, 15) is 5.11 Å². The zero-order chi connectivity index (χ0) is 13.3. The number of hydrogen-bond acceptors (Lipinski definition) is 3. The molecule has 0 spiro atoms. The highest BCUT2D eigenvalue weighted by Crippen LogP contribution is 2.26. The van der Waals surface area contributed by atoms with Crippen LogP contribution in [0.3, 0.4) is 0 Å². The average molecular weight is 313 g/mol. The third kappa shape index (κ3) is 2.35. The van der Waals surface area contributed by atoms with Gasteiger partial charge in [0.15, 0.2) is 0 Å². The lowest BCUT2D eigenvalue weighted by Crippen LogP contribution is -2.11. The summed E-state index contributed by atoms with van der Waals surface area (Å²) < 4.78 is 4.72. The summed E-state index contributed by atoms with van der Waals surface area (Å²) in [6, 6.07) is 0. The lowest BCUT2D eigenvalue weighted by atomic mass is 10.1. The Hall–Kier alpha value is -1.14. The number of aliphatic hydroxyl groups excluding tert-OH is 1. The number of aliphatic hydroxyl groups is 1. The SMILES string of the molecule is CCn1nc(C)c(Br)c1CC(O)c1cncn1C. The van der Waals surface area contributed by atoms with Crippen LogP contribution >= 0.6 is 15.9 Å². The predicted octanol–water partition coefficient (Wildman–Crippen LogP) is 1.98. The van der Waals surface area contributed by atoms with Crippen molar-refractivity contribution in [2.24, 2.45) is 7.05 Å². The fourth-order valence-corrected chi connectivity index (χ4v) is 2.49. The molecule has 0 aliphatic heterocycles. The second kappa shape index (κ2) is 5.24. The minimum atomic E-state index is -0.574. The van der Waals surface area contributed by atoms with Crippen molar-refractivity contribution in [3.05, 3.63) is 34.1 Å². The summed E-state index contributed by atoms with van der Waals surface area (Å²) in [5, 5.41) is 14.7. The number of rotatable bonds is 4. The van der Waals surface area contributed by atoms with Crippen LogP contribution in [0.15, 0.2) is 17.0 Å². The van der Waals surface area contributed by atoms with Crippen molar-refractivity contribution in [1.29, 1.82) is 0 Å². The highest BCUT2D eigenvalue weighted by atomic mass is 79.9. The molecule has 2 rings (SSSR count). The molecular weight excluding hydrogens is 296 g/mol. The van der Waals surface area contributed by atoms with Gasteiger partial charge >= 0.3 is 0 Å². The average Bonchev–Trinajstić information content (AvgIpc) is 2.87. The molecule has 1 N–H and O–H groups in total. The van der Waals surface area contributed by atoms with E-state index in [4.69, 9.17) is 0 Å². The van der Waals surface area contributed by atoms with Gasteiger partial charge in [0, 0.05) is 20.0 Å². The van der Waals surface area contributed by atoms with Crippen LogP contribution in [-0.4, -0.2) is 24.4 Å². The maximum Gasteiger partial charge on any atom is 0.101 e. The number of imidazole rings is 1. The molecule has 0 saturated carbocycles. The Morgan fingerprint density at radius 1 is 1.50 bits per heavy atom. The van der Waals surface area contributed by atoms with Crippen molar-refractivity contribution in [2.75, 3.05) is 0 Å². The first-order chi connectivity index (χ1) is 8.54. The second-order valence-corrected chi connectivity index (χ2v) is 5.10. The van der Waals surface area contributed by atoms with Gasteiger partial charge < -0.3 is 9.67 Å². The van der Waals surface area contributed by atoms with Crippen LogP contribution in [0.2, 0.25) is 0 Å². The minimum absolute atomic E-state index is 0.523. The van der Waals surface area contributed by atoms with E-state index in [0.717, 1.165) is 28.1 Å². The highest BCUT2D eigenvalue weighted by Gasteiger charge is 2.18. The van der Waals surface area contributed by atoms with E-state index >= 15 is 0 Å². The minimum Gasteiger partial charge on any atom is -0.386 e. The molecule has 0 aromatic carbocycles. The molecule has 0 bridgehead atoms. The molecule has 2 heterocycles. The molecule has 0 aliphatic carbocycles. The fourth-order valence-electron chi connectivity index (χ4n) is 2.04. The van der Waals surface area contributed by atoms with Gasteiger partial charge in [0.25, 0.3) is 0 Å². The van der Waals surface area contributed by atoms with Crippen LogP contribution < -0.4 is 0 Å². The van der Waals surface area contributed by atoms with Gasteiger partial charge in [-0.25, -0.2) is 4.98 Å². The van der Waals surface area contributed by atoms with Crippen molar-refractivity contribution in [2.45, 2.75) is 32.9 Å². The molecule has 1 unspecified atom stereocenters. The molecule has 0 aliphatic rings. The lowest BCUT2D eigenvalue weighted by molar-refractivity contribution is 0.167. The summed E-state index contributed by atoms with van der Waals surface area (Å²) in [7, 11) is 1.88. The summed E-state index contributed by atoms with van der Waals surface area (Å²) in [5.41, 5.74) is 2.77. The standard InChI is InChI=1S/C12H17BrN4O/c1-4-17-9(12(13)8(2)15-17)5-11(18)10-6-14-7-16(10)3/h6-7,11,18H,4-5H2,1-3H3. The predicted molar refractivity (Wildman–Crippen MR) is 72.2 cm³/mol. The van der Waals surface area contributed by atoms with E-state index < -0.39 is 6.10 Å². The second-order valence-electron chi connectivity index (χ2n) is 4.31. The van der Waals surface area contributed by atoms with Crippen LogP contribution in [0.1, 0.15) is 30.1 Å². The normalized spacial score (nSPS) is 12.9. The summed E-state index contributed by atoms with van der Waals surface area (Å²) in [6.45, 7) is 4.79. The maximum absolute atomic E-state index is 10.3. The van der Waals surface area contributed by atoms with Gasteiger partial charge in [0.1, 0.15) is 6.10 Å². The smallest absolute Gasteiger partial charge is 0.101 e. The first kappa shape index (κ1) is 13.3. The van der Waals surface area contributed by atoms with Crippen LogP contribution in [0.4, 0.5) is 0 Å². The van der Waals surface area contributed by atoms with Crippen LogP contribution in [0.25, 0.3) is 0 Å². The van der Waals surface area contributed by atoms with Gasteiger partial charge in [-0.2, -0.15) is 5.10 Å². The number of halogens is 1. The van der Waals surface area contributed by atoms with Crippen molar-refractivity contribution in [3.8, 4) is 0 Å². The van der Waals surface area contributed by atoms with Gasteiger partial charge in [-0.3, -0.25) is 4.68 Å². The third-order valence-electron chi connectivity index (χ3n) is 3.03. The van der Waals surface area contributed by atoms with Crippen LogP contribution in [0.5, 0.6) is 0 Å². The van der Waals surface area contributed by atoms with E-state index in [2.05, 4.69) is 26.0 Å². The van der Waals surface area contributed by atoms with E-state index in [1.54, 1.807) is 12.5 Å². The molecule has 5 nitrogen and oxygen atoms in total. The van der Waals surface area contributed by atoms with E-state index in [1.165, 1.54) is 0 Å². The van der Waals surface area contributed by atoms with Gasteiger partial charge in [-0.1, -0.05) is 0 Å². The zero-order valence-electron chi connectivity index (χ0n) is 10.8. The Balaban J connectivity index is 2.27. The Morgan fingerprint density at radius 3 is 2.78 bits per heavy atom. The first-order valence-electron chi connectivity index (χ1n) is 5.90. The third-order valence-corrected chi connectivity index (χ3v) is 4.07. The molecule has 0 fully saturated rings. The zero-order valence-corrected chi connectivity index (χ0v) is 12.3. The van der Waals surface area contributed by atoms with Crippen molar-refractivity contribution >= 4 is 15.9 Å². The summed E-state index contributed by atoms with van der Waals surface area (Å²) >= 11 is 3.54. The largest absolute Gasteiger partial charge is 0.386 e. The molecule has 0 radical (unpaired) electrons. The number of hydrogen-bond donors (Lipinski definition) is 1. The summed E-state index contributed by atoms with van der Waals surface area (Å²) in [6.07, 6.45) is 3.33. The molecule has 0 saturated heterocycles. The summed E-state index contributed by atoms with van der Waals surface area (Å²) in [5.74, 6) is 0. The van der Waals surface area contributed by atoms with Gasteiger partial charge in [0.05, 0.1) is 34.1 Å². The molecule has 0 amide bonds. The quantitative estimate of drug-likeness (QED) is 0.939. The van der Waals surface area contributed by atoms with Gasteiger partial charge in [0.2, 0.25) is 0 Å². The molecule has 18 heavy (non-hydrogen) atoms. The number of aryl methyl sites for hydroxylation is 3. The fraction of sp³-hybridized carbons (Fsp3) is 0.500. The molecule has 6 heteroatoms. The van der Waals surface area contributed by atoms with Crippen LogP contribution in [-0.2, 0) is 20.0 Å². The monoisotopic (exact) mass is 312 g/mol. The van der Waals surface area contributed by atoms with Crippen LogP contribution in [0, 0.1) is 6.92 Å². The Bertz CT molecular complexity index is 546. The van der Waals surface area contributed by atoms with Crippen molar-refractivity contribution < 1.29 is 5.11 Å². The molecule has 1 atom stereocenters. The maximum atomic E-state index is 10.3. The van der Waals surface area contributed by atoms with Gasteiger partial charge in [-0.15, -0.1) is 0 Å². The molecule has 2 aromatic heterocycles. The molecular formula is C12H17BrN4O. The van der Waals surface area contributed by atoms with E-state index in [-0.39, 0.29) is 0 Å². The first-order valence-corrected chi connectivity index (χ1v) is 6.70. The van der Waals surface area contributed by atoms with Crippen molar-refractivity contribution in [3.63, 3.8) is 0 Å². The van der Waals surface area contributed by atoms with Gasteiger partial charge in [-0.05, 0) is 29.8 Å². The Labute approximate surface area is 115 Å². The Morgan fingerprint density at radius 2 is 2.22 bits per heavy atom.